The van der Waals surface area contributed by atoms with Crippen LogP contribution in [0, 0.1) is 6.92 Å². The number of hydrogen-bond acceptors (Lipinski definition) is 2. The van der Waals surface area contributed by atoms with Gasteiger partial charge in [-0.2, -0.15) is 0 Å². The van der Waals surface area contributed by atoms with Crippen molar-refractivity contribution in [2.24, 2.45) is 0 Å². The molecule has 1 unspecified atom stereocenters. The molecule has 0 saturated heterocycles. The standard InChI is InChI=1S/C14H18O2/c1-3-12(15)5-6-13-9-11-8-10(2)4-7-14(11)16-13/h4,7-8,13H,3,5-6,9H2,1-2H3. The van der Waals surface area contributed by atoms with E-state index in [0.29, 0.717) is 18.6 Å². The number of carbonyl (C=O) groups is 1. The summed E-state index contributed by atoms with van der Waals surface area (Å²) >= 11 is 0. The summed E-state index contributed by atoms with van der Waals surface area (Å²) in [7, 11) is 0. The van der Waals surface area contributed by atoms with Crippen LogP contribution in [0.1, 0.15) is 37.3 Å². The van der Waals surface area contributed by atoms with E-state index in [4.69, 9.17) is 4.74 Å². The molecular weight excluding hydrogens is 200 g/mol. The molecule has 1 aliphatic heterocycles. The molecule has 2 rings (SSSR count). The van der Waals surface area contributed by atoms with Gasteiger partial charge < -0.3 is 4.74 Å². The highest BCUT2D eigenvalue weighted by molar-refractivity contribution is 5.77. The number of rotatable bonds is 4. The Balaban J connectivity index is 1.93. The number of fused-ring (bicyclic) bond motifs is 1. The highest BCUT2D eigenvalue weighted by Crippen LogP contribution is 2.31. The van der Waals surface area contributed by atoms with Crippen LogP contribution in [0.2, 0.25) is 0 Å². The predicted octanol–water partition coefficient (Wildman–Crippen LogP) is 3.06. The van der Waals surface area contributed by atoms with Gasteiger partial charge in [0.05, 0.1) is 0 Å². The largest absolute Gasteiger partial charge is 0.490 e. The normalized spacial score (nSPS) is 18.0. The molecule has 0 bridgehead atoms. The van der Waals surface area contributed by atoms with Gasteiger partial charge in [-0.25, -0.2) is 0 Å². The van der Waals surface area contributed by atoms with Gasteiger partial charge >= 0.3 is 0 Å². The molecule has 0 aliphatic carbocycles. The second kappa shape index (κ2) is 4.69. The Labute approximate surface area is 96.6 Å². The Hall–Kier alpha value is -1.31. The number of hydrogen-bond donors (Lipinski definition) is 0. The summed E-state index contributed by atoms with van der Waals surface area (Å²) < 4.78 is 5.80. The Kier molecular flexibility index (Phi) is 3.28. The zero-order valence-electron chi connectivity index (χ0n) is 9.95. The van der Waals surface area contributed by atoms with Gasteiger partial charge in [0.25, 0.3) is 0 Å². The van der Waals surface area contributed by atoms with Gasteiger partial charge in [0.1, 0.15) is 17.6 Å². The zero-order chi connectivity index (χ0) is 11.5. The Bertz CT molecular complexity index is 396. The Morgan fingerprint density at radius 1 is 1.50 bits per heavy atom. The van der Waals surface area contributed by atoms with Crippen molar-refractivity contribution in [2.45, 2.75) is 45.6 Å². The van der Waals surface area contributed by atoms with Crippen LogP contribution in [-0.2, 0) is 11.2 Å². The third-order valence-electron chi connectivity index (χ3n) is 3.10. The third-order valence-corrected chi connectivity index (χ3v) is 3.10. The summed E-state index contributed by atoms with van der Waals surface area (Å²) in [4.78, 5) is 11.2. The summed E-state index contributed by atoms with van der Waals surface area (Å²) in [5.41, 5.74) is 2.56. The fourth-order valence-corrected chi connectivity index (χ4v) is 2.11. The minimum atomic E-state index is 0.201. The number of aryl methyl sites for hydroxylation is 1. The van der Waals surface area contributed by atoms with E-state index >= 15 is 0 Å². The molecule has 0 aromatic heterocycles. The first-order valence-corrected chi connectivity index (χ1v) is 5.97. The Morgan fingerprint density at radius 3 is 3.06 bits per heavy atom. The lowest BCUT2D eigenvalue weighted by Gasteiger charge is -2.09. The first-order chi connectivity index (χ1) is 7.69. The van der Waals surface area contributed by atoms with Gasteiger partial charge in [-0.1, -0.05) is 24.6 Å². The minimum Gasteiger partial charge on any atom is -0.490 e. The average Bonchev–Trinajstić information content (AvgIpc) is 2.67. The van der Waals surface area contributed by atoms with E-state index in [1.165, 1.54) is 11.1 Å². The molecule has 0 fully saturated rings. The molecular formula is C14H18O2. The van der Waals surface area contributed by atoms with Crippen molar-refractivity contribution in [1.29, 1.82) is 0 Å². The minimum absolute atomic E-state index is 0.201. The molecule has 2 nitrogen and oxygen atoms in total. The van der Waals surface area contributed by atoms with E-state index in [-0.39, 0.29) is 6.10 Å². The molecule has 86 valence electrons. The van der Waals surface area contributed by atoms with E-state index in [2.05, 4.69) is 19.1 Å². The van der Waals surface area contributed by atoms with Crippen molar-refractivity contribution < 1.29 is 9.53 Å². The van der Waals surface area contributed by atoms with Gasteiger partial charge in [-0.15, -0.1) is 0 Å². The van der Waals surface area contributed by atoms with Crippen LogP contribution >= 0.6 is 0 Å². The average molecular weight is 218 g/mol. The highest BCUT2D eigenvalue weighted by Gasteiger charge is 2.22. The number of ether oxygens (including phenoxy) is 1. The van der Waals surface area contributed by atoms with Crippen LogP contribution < -0.4 is 4.74 Å². The first kappa shape index (κ1) is 11.2. The molecule has 1 aromatic carbocycles. The molecule has 1 aliphatic rings. The van der Waals surface area contributed by atoms with Crippen molar-refractivity contribution in [2.75, 3.05) is 0 Å². The van der Waals surface area contributed by atoms with E-state index in [1.807, 2.05) is 13.0 Å². The monoisotopic (exact) mass is 218 g/mol. The van der Waals surface area contributed by atoms with Gasteiger partial charge in [0.15, 0.2) is 0 Å². The van der Waals surface area contributed by atoms with E-state index in [1.54, 1.807) is 0 Å². The van der Waals surface area contributed by atoms with Crippen LogP contribution in [0.15, 0.2) is 18.2 Å². The lowest BCUT2D eigenvalue weighted by Crippen LogP contribution is -2.14. The molecule has 0 N–H and O–H groups in total. The van der Waals surface area contributed by atoms with Crippen molar-refractivity contribution in [3.63, 3.8) is 0 Å². The summed E-state index contributed by atoms with van der Waals surface area (Å²) in [5, 5.41) is 0. The maximum absolute atomic E-state index is 11.2. The van der Waals surface area contributed by atoms with Crippen molar-refractivity contribution >= 4 is 5.78 Å². The van der Waals surface area contributed by atoms with E-state index in [0.717, 1.165) is 18.6 Å². The fourth-order valence-electron chi connectivity index (χ4n) is 2.11. The second-order valence-corrected chi connectivity index (χ2v) is 4.49. The van der Waals surface area contributed by atoms with Crippen LogP contribution in [0.4, 0.5) is 0 Å². The van der Waals surface area contributed by atoms with Gasteiger partial charge in [0.2, 0.25) is 0 Å². The van der Waals surface area contributed by atoms with Crippen LogP contribution in [-0.4, -0.2) is 11.9 Å². The predicted molar refractivity (Wildman–Crippen MR) is 63.8 cm³/mol. The van der Waals surface area contributed by atoms with Crippen molar-refractivity contribution in [3.05, 3.63) is 29.3 Å². The highest BCUT2D eigenvalue weighted by atomic mass is 16.5. The SMILES string of the molecule is CCC(=O)CCC1Cc2cc(C)ccc2O1. The second-order valence-electron chi connectivity index (χ2n) is 4.49. The number of Topliss-reactive ketones (excluding diaryl/α,β-unsaturated/α-hetero) is 1. The summed E-state index contributed by atoms with van der Waals surface area (Å²) in [6.45, 7) is 4.00. The van der Waals surface area contributed by atoms with Crippen LogP contribution in [0.25, 0.3) is 0 Å². The molecule has 0 radical (unpaired) electrons. The summed E-state index contributed by atoms with van der Waals surface area (Å²) in [6.07, 6.45) is 3.29. The fraction of sp³-hybridized carbons (Fsp3) is 0.500. The number of ketones is 1. The van der Waals surface area contributed by atoms with Crippen molar-refractivity contribution in [1.82, 2.24) is 0 Å². The van der Waals surface area contributed by atoms with Crippen LogP contribution in [0.3, 0.4) is 0 Å². The summed E-state index contributed by atoms with van der Waals surface area (Å²) in [5.74, 6) is 1.33. The lowest BCUT2D eigenvalue weighted by atomic mass is 10.0. The number of benzene rings is 1. The zero-order valence-corrected chi connectivity index (χ0v) is 9.95. The van der Waals surface area contributed by atoms with Crippen LogP contribution in [0.5, 0.6) is 5.75 Å². The number of carbonyl (C=O) groups excluding carboxylic acids is 1. The van der Waals surface area contributed by atoms with Crippen molar-refractivity contribution in [3.8, 4) is 5.75 Å². The molecule has 1 heterocycles. The maximum Gasteiger partial charge on any atom is 0.132 e. The third kappa shape index (κ3) is 2.43. The summed E-state index contributed by atoms with van der Waals surface area (Å²) in [6, 6.07) is 6.28. The molecule has 0 spiro atoms. The first-order valence-electron chi connectivity index (χ1n) is 5.97. The molecule has 2 heteroatoms. The molecule has 0 amide bonds. The van der Waals surface area contributed by atoms with E-state index in [9.17, 15) is 4.79 Å². The molecule has 16 heavy (non-hydrogen) atoms. The molecule has 1 atom stereocenters. The topological polar surface area (TPSA) is 26.3 Å². The molecule has 0 saturated carbocycles. The van der Waals surface area contributed by atoms with Gasteiger partial charge in [-0.3, -0.25) is 4.79 Å². The smallest absolute Gasteiger partial charge is 0.132 e. The Morgan fingerprint density at radius 2 is 2.31 bits per heavy atom. The lowest BCUT2D eigenvalue weighted by molar-refractivity contribution is -0.119. The van der Waals surface area contributed by atoms with Gasteiger partial charge in [-0.05, 0) is 25.0 Å². The van der Waals surface area contributed by atoms with E-state index < -0.39 is 0 Å². The molecule has 1 aromatic rings. The maximum atomic E-state index is 11.2. The van der Waals surface area contributed by atoms with Gasteiger partial charge in [0, 0.05) is 19.3 Å². The quantitative estimate of drug-likeness (QED) is 0.776.